The van der Waals surface area contributed by atoms with Crippen LogP contribution in [-0.2, 0) is 0 Å². The lowest BCUT2D eigenvalue weighted by Gasteiger charge is -2.09. The predicted octanol–water partition coefficient (Wildman–Crippen LogP) is 2.65. The zero-order valence-corrected chi connectivity index (χ0v) is 11.2. The van der Waals surface area contributed by atoms with Gasteiger partial charge in [-0.05, 0) is 37.6 Å². The number of amides is 1. The van der Waals surface area contributed by atoms with Crippen molar-refractivity contribution >= 4 is 17.6 Å². The molecule has 0 aliphatic heterocycles. The number of hydrogen-bond acceptors (Lipinski definition) is 3. The maximum Gasteiger partial charge on any atom is 0.356 e. The molecule has 1 amide bonds. The van der Waals surface area contributed by atoms with Crippen molar-refractivity contribution in [2.75, 3.05) is 5.32 Å². The Morgan fingerprint density at radius 2 is 1.95 bits per heavy atom. The lowest BCUT2D eigenvalue weighted by atomic mass is 10.1. The van der Waals surface area contributed by atoms with Crippen LogP contribution in [0.4, 0.5) is 5.69 Å². The Labute approximate surface area is 116 Å². The number of carbonyl (C=O) groups is 2. The molecule has 2 aromatic rings. The summed E-state index contributed by atoms with van der Waals surface area (Å²) in [5.41, 5.74) is 2.42. The number of pyridine rings is 1. The minimum Gasteiger partial charge on any atom is -0.476 e. The summed E-state index contributed by atoms with van der Waals surface area (Å²) >= 11 is 0. The molecular formula is C15H14N2O3. The molecule has 2 N–H and O–H groups in total. The molecule has 1 aromatic carbocycles. The van der Waals surface area contributed by atoms with Gasteiger partial charge in [0.2, 0.25) is 0 Å². The smallest absolute Gasteiger partial charge is 0.356 e. The van der Waals surface area contributed by atoms with Gasteiger partial charge in [0.1, 0.15) is 0 Å². The normalized spacial score (nSPS) is 10.1. The lowest BCUT2D eigenvalue weighted by Crippen LogP contribution is -2.16. The van der Waals surface area contributed by atoms with Crippen molar-refractivity contribution in [3.63, 3.8) is 0 Å². The summed E-state index contributed by atoms with van der Waals surface area (Å²) in [5, 5.41) is 11.6. The molecule has 0 aliphatic rings. The molecule has 0 unspecified atom stereocenters. The summed E-state index contributed by atoms with van der Waals surface area (Å²) in [5.74, 6) is -1.53. The fraction of sp³-hybridized carbons (Fsp3) is 0.133. The van der Waals surface area contributed by atoms with E-state index in [9.17, 15) is 9.59 Å². The summed E-state index contributed by atoms with van der Waals surface area (Å²) in [7, 11) is 0. The van der Waals surface area contributed by atoms with E-state index in [1.54, 1.807) is 12.1 Å². The monoisotopic (exact) mass is 270 g/mol. The second-order valence-electron chi connectivity index (χ2n) is 4.48. The number of rotatable bonds is 3. The number of aromatic carboxylic acids is 1. The van der Waals surface area contributed by atoms with E-state index in [1.165, 1.54) is 12.3 Å². The van der Waals surface area contributed by atoms with Gasteiger partial charge in [-0.25, -0.2) is 9.78 Å². The van der Waals surface area contributed by atoms with Crippen LogP contribution in [-0.4, -0.2) is 22.0 Å². The Morgan fingerprint density at radius 3 is 2.60 bits per heavy atom. The summed E-state index contributed by atoms with van der Waals surface area (Å²) in [6.07, 6.45) is 1.37. The van der Waals surface area contributed by atoms with E-state index in [1.807, 2.05) is 26.0 Å². The molecule has 0 saturated carbocycles. The van der Waals surface area contributed by atoms with Gasteiger partial charge in [-0.1, -0.05) is 17.7 Å². The van der Waals surface area contributed by atoms with Crippen molar-refractivity contribution in [3.8, 4) is 0 Å². The number of anilines is 1. The number of aryl methyl sites for hydroxylation is 2. The van der Waals surface area contributed by atoms with Crippen molar-refractivity contribution < 1.29 is 14.7 Å². The van der Waals surface area contributed by atoms with Gasteiger partial charge in [0.25, 0.3) is 5.91 Å². The SMILES string of the molecule is Cc1ccc(C(=O)Nc2cccnc2C(=O)O)c(C)c1. The summed E-state index contributed by atoms with van der Waals surface area (Å²) in [6.45, 7) is 3.78. The molecule has 0 saturated heterocycles. The van der Waals surface area contributed by atoms with E-state index < -0.39 is 5.97 Å². The third-order valence-electron chi connectivity index (χ3n) is 2.89. The molecule has 0 radical (unpaired) electrons. The largest absolute Gasteiger partial charge is 0.476 e. The summed E-state index contributed by atoms with van der Waals surface area (Å²) in [4.78, 5) is 27.0. The molecule has 1 heterocycles. The third-order valence-corrected chi connectivity index (χ3v) is 2.89. The molecule has 20 heavy (non-hydrogen) atoms. The van der Waals surface area contributed by atoms with Crippen LogP contribution in [0.1, 0.15) is 32.0 Å². The number of nitrogens with one attached hydrogen (secondary N) is 1. The number of hydrogen-bond donors (Lipinski definition) is 2. The third kappa shape index (κ3) is 2.83. The number of nitrogens with zero attached hydrogens (tertiary/aromatic N) is 1. The van der Waals surface area contributed by atoms with E-state index in [2.05, 4.69) is 10.3 Å². The second kappa shape index (κ2) is 5.52. The highest BCUT2D eigenvalue weighted by Crippen LogP contribution is 2.16. The first-order valence-corrected chi connectivity index (χ1v) is 6.06. The summed E-state index contributed by atoms with van der Waals surface area (Å²) in [6, 6.07) is 8.54. The van der Waals surface area contributed by atoms with Crippen LogP contribution in [0.2, 0.25) is 0 Å². The average Bonchev–Trinajstić information content (AvgIpc) is 2.38. The fourth-order valence-corrected chi connectivity index (χ4v) is 1.93. The van der Waals surface area contributed by atoms with E-state index in [-0.39, 0.29) is 17.3 Å². The van der Waals surface area contributed by atoms with Gasteiger partial charge < -0.3 is 10.4 Å². The molecule has 0 aliphatic carbocycles. The quantitative estimate of drug-likeness (QED) is 0.898. The Balaban J connectivity index is 2.30. The van der Waals surface area contributed by atoms with E-state index in [0.29, 0.717) is 5.56 Å². The van der Waals surface area contributed by atoms with Crippen LogP contribution in [0.15, 0.2) is 36.5 Å². The zero-order valence-electron chi connectivity index (χ0n) is 11.2. The Kier molecular flexibility index (Phi) is 3.79. The maximum absolute atomic E-state index is 12.2. The minimum absolute atomic E-state index is 0.175. The van der Waals surface area contributed by atoms with E-state index in [0.717, 1.165) is 11.1 Å². The highest BCUT2D eigenvalue weighted by Gasteiger charge is 2.15. The van der Waals surface area contributed by atoms with Crippen LogP contribution in [0.3, 0.4) is 0 Å². The first-order chi connectivity index (χ1) is 9.49. The molecule has 0 fully saturated rings. The fourth-order valence-electron chi connectivity index (χ4n) is 1.93. The topological polar surface area (TPSA) is 79.3 Å². The number of carboxylic acids is 1. The van der Waals surface area contributed by atoms with Crippen molar-refractivity contribution in [2.45, 2.75) is 13.8 Å². The van der Waals surface area contributed by atoms with Crippen LogP contribution in [0.5, 0.6) is 0 Å². The van der Waals surface area contributed by atoms with Crippen molar-refractivity contribution in [2.24, 2.45) is 0 Å². The van der Waals surface area contributed by atoms with Gasteiger partial charge in [-0.2, -0.15) is 0 Å². The number of carboxylic acid groups (broad SMARTS) is 1. The first kappa shape index (κ1) is 13.7. The van der Waals surface area contributed by atoms with Gasteiger partial charge in [0.15, 0.2) is 5.69 Å². The minimum atomic E-state index is -1.18. The van der Waals surface area contributed by atoms with Crippen molar-refractivity contribution in [1.29, 1.82) is 0 Å². The Bertz CT molecular complexity index is 681. The molecule has 5 nitrogen and oxygen atoms in total. The summed E-state index contributed by atoms with van der Waals surface area (Å²) < 4.78 is 0. The van der Waals surface area contributed by atoms with Gasteiger partial charge in [0, 0.05) is 11.8 Å². The first-order valence-electron chi connectivity index (χ1n) is 6.06. The van der Waals surface area contributed by atoms with Gasteiger partial charge in [-0.15, -0.1) is 0 Å². The molecular weight excluding hydrogens is 256 g/mol. The Hall–Kier alpha value is -2.69. The van der Waals surface area contributed by atoms with E-state index in [4.69, 9.17) is 5.11 Å². The lowest BCUT2D eigenvalue weighted by molar-refractivity contribution is 0.0692. The molecule has 0 spiro atoms. The van der Waals surface area contributed by atoms with Crippen molar-refractivity contribution in [1.82, 2.24) is 4.98 Å². The molecule has 102 valence electrons. The predicted molar refractivity (Wildman–Crippen MR) is 75.1 cm³/mol. The molecule has 5 heteroatoms. The molecule has 0 bridgehead atoms. The number of carbonyl (C=O) groups excluding carboxylic acids is 1. The van der Waals surface area contributed by atoms with Gasteiger partial charge >= 0.3 is 5.97 Å². The van der Waals surface area contributed by atoms with Gasteiger partial charge in [0.05, 0.1) is 5.69 Å². The van der Waals surface area contributed by atoms with Crippen LogP contribution in [0, 0.1) is 13.8 Å². The Morgan fingerprint density at radius 1 is 1.20 bits per heavy atom. The molecule has 2 rings (SSSR count). The zero-order chi connectivity index (χ0) is 14.7. The van der Waals surface area contributed by atoms with Crippen LogP contribution >= 0.6 is 0 Å². The molecule has 0 atom stereocenters. The van der Waals surface area contributed by atoms with Crippen molar-refractivity contribution in [3.05, 3.63) is 58.9 Å². The number of aromatic nitrogens is 1. The highest BCUT2D eigenvalue weighted by molar-refractivity contribution is 6.07. The van der Waals surface area contributed by atoms with Gasteiger partial charge in [-0.3, -0.25) is 4.79 Å². The van der Waals surface area contributed by atoms with E-state index >= 15 is 0 Å². The molecule has 1 aromatic heterocycles. The maximum atomic E-state index is 12.2. The highest BCUT2D eigenvalue weighted by atomic mass is 16.4. The van der Waals surface area contributed by atoms with Crippen LogP contribution in [0.25, 0.3) is 0 Å². The standard InChI is InChI=1S/C15H14N2O3/c1-9-5-6-11(10(2)8-9)14(18)17-12-4-3-7-16-13(12)15(19)20/h3-8H,1-2H3,(H,17,18)(H,19,20). The average molecular weight is 270 g/mol. The number of benzene rings is 1. The van der Waals surface area contributed by atoms with Crippen LogP contribution < -0.4 is 5.32 Å². The second-order valence-corrected chi connectivity index (χ2v) is 4.48.